The average Bonchev–Trinajstić information content (AvgIpc) is 2.83. The number of nitrogens with zero attached hydrogens (tertiary/aromatic N) is 1. The molecule has 0 bridgehead atoms. The number of aliphatic hydroxyl groups excluding tert-OH is 1. The molecule has 0 aromatic carbocycles. The summed E-state index contributed by atoms with van der Waals surface area (Å²) in [4.78, 5) is 2.74. The molecule has 0 spiro atoms. The summed E-state index contributed by atoms with van der Waals surface area (Å²) >= 11 is 0. The quantitative estimate of drug-likeness (QED) is 0.829. The zero-order valence-corrected chi connectivity index (χ0v) is 12.4. The van der Waals surface area contributed by atoms with Gasteiger partial charge in [-0.05, 0) is 50.5 Å². The van der Waals surface area contributed by atoms with Crippen molar-refractivity contribution in [2.24, 2.45) is 11.8 Å². The molecule has 0 saturated heterocycles. The highest BCUT2D eigenvalue weighted by Gasteiger charge is 2.37. The van der Waals surface area contributed by atoms with Gasteiger partial charge in [0.2, 0.25) is 0 Å². The van der Waals surface area contributed by atoms with Gasteiger partial charge in [0, 0.05) is 12.1 Å². The van der Waals surface area contributed by atoms with Gasteiger partial charge >= 0.3 is 0 Å². The molecule has 2 heteroatoms. The molecule has 0 heterocycles. The van der Waals surface area contributed by atoms with E-state index in [0.29, 0.717) is 6.04 Å². The number of hydrogen-bond acceptors (Lipinski definition) is 2. The second kappa shape index (κ2) is 6.38. The van der Waals surface area contributed by atoms with Crippen LogP contribution in [0.25, 0.3) is 0 Å². The first kappa shape index (κ1) is 14.3. The van der Waals surface area contributed by atoms with E-state index in [1.54, 1.807) is 0 Å². The van der Waals surface area contributed by atoms with E-state index in [-0.39, 0.29) is 6.10 Å². The standard InChI is InChI=1S/C16H31NO/c1-4-17(13-7-5-6-8-13)16-11-14(18)9-10-15(16)12(2)3/h12-16,18H,4-11H2,1-3H3. The van der Waals surface area contributed by atoms with E-state index in [4.69, 9.17) is 0 Å². The lowest BCUT2D eigenvalue weighted by Gasteiger charge is -2.45. The predicted molar refractivity (Wildman–Crippen MR) is 76.6 cm³/mol. The Hall–Kier alpha value is -0.0800. The molecule has 3 unspecified atom stereocenters. The zero-order valence-electron chi connectivity index (χ0n) is 12.4. The maximum atomic E-state index is 10.0. The minimum Gasteiger partial charge on any atom is -0.393 e. The second-order valence-electron chi connectivity index (χ2n) is 6.71. The predicted octanol–water partition coefficient (Wildman–Crippen LogP) is 3.44. The van der Waals surface area contributed by atoms with Crippen LogP contribution in [-0.4, -0.2) is 34.7 Å². The maximum absolute atomic E-state index is 10.0. The summed E-state index contributed by atoms with van der Waals surface area (Å²) in [6.45, 7) is 8.18. The highest BCUT2D eigenvalue weighted by atomic mass is 16.3. The smallest absolute Gasteiger partial charge is 0.0555 e. The minimum absolute atomic E-state index is 0.0551. The Labute approximate surface area is 113 Å². The van der Waals surface area contributed by atoms with E-state index in [0.717, 1.165) is 37.3 Å². The summed E-state index contributed by atoms with van der Waals surface area (Å²) in [5.74, 6) is 1.53. The topological polar surface area (TPSA) is 23.5 Å². The molecule has 2 fully saturated rings. The monoisotopic (exact) mass is 253 g/mol. The van der Waals surface area contributed by atoms with Gasteiger partial charge in [-0.1, -0.05) is 33.6 Å². The van der Waals surface area contributed by atoms with E-state index < -0.39 is 0 Å². The molecule has 106 valence electrons. The van der Waals surface area contributed by atoms with Crippen LogP contribution < -0.4 is 0 Å². The molecule has 0 radical (unpaired) electrons. The van der Waals surface area contributed by atoms with E-state index >= 15 is 0 Å². The molecule has 1 N–H and O–H groups in total. The first-order valence-electron chi connectivity index (χ1n) is 8.07. The van der Waals surface area contributed by atoms with Gasteiger partial charge in [0.15, 0.2) is 0 Å². The Balaban J connectivity index is 2.08. The third-order valence-corrected chi connectivity index (χ3v) is 5.28. The van der Waals surface area contributed by atoms with Crippen LogP contribution in [-0.2, 0) is 0 Å². The largest absolute Gasteiger partial charge is 0.393 e. The molecular weight excluding hydrogens is 222 g/mol. The summed E-state index contributed by atoms with van der Waals surface area (Å²) in [6.07, 6.45) is 8.75. The molecule has 2 saturated carbocycles. The molecule has 2 aliphatic carbocycles. The number of aliphatic hydroxyl groups is 1. The summed E-state index contributed by atoms with van der Waals surface area (Å²) in [5.41, 5.74) is 0. The molecular formula is C16H31NO. The van der Waals surface area contributed by atoms with Crippen LogP contribution in [0.1, 0.15) is 65.7 Å². The third-order valence-electron chi connectivity index (χ3n) is 5.28. The van der Waals surface area contributed by atoms with Gasteiger partial charge in [0.25, 0.3) is 0 Å². The number of rotatable bonds is 4. The lowest BCUT2D eigenvalue weighted by Crippen LogP contribution is -2.50. The molecule has 0 aromatic rings. The lowest BCUT2D eigenvalue weighted by atomic mass is 9.75. The Morgan fingerprint density at radius 3 is 2.33 bits per heavy atom. The van der Waals surface area contributed by atoms with Gasteiger partial charge in [-0.25, -0.2) is 0 Å². The Morgan fingerprint density at radius 2 is 1.78 bits per heavy atom. The highest BCUT2D eigenvalue weighted by molar-refractivity contribution is 4.91. The van der Waals surface area contributed by atoms with Crippen LogP contribution >= 0.6 is 0 Å². The van der Waals surface area contributed by atoms with Crippen molar-refractivity contribution in [2.45, 2.75) is 83.9 Å². The first-order valence-corrected chi connectivity index (χ1v) is 8.07. The SMILES string of the molecule is CCN(C1CCCC1)C1CC(O)CCC1C(C)C. The van der Waals surface area contributed by atoms with Crippen molar-refractivity contribution in [3.8, 4) is 0 Å². The van der Waals surface area contributed by atoms with Crippen LogP contribution in [0.4, 0.5) is 0 Å². The Bertz CT molecular complexity index is 247. The summed E-state index contributed by atoms with van der Waals surface area (Å²) < 4.78 is 0. The van der Waals surface area contributed by atoms with Crippen LogP contribution in [0.2, 0.25) is 0 Å². The van der Waals surface area contributed by atoms with Gasteiger partial charge in [-0.3, -0.25) is 4.90 Å². The van der Waals surface area contributed by atoms with Crippen molar-refractivity contribution in [1.29, 1.82) is 0 Å². The molecule has 0 amide bonds. The average molecular weight is 253 g/mol. The molecule has 2 aliphatic rings. The van der Waals surface area contributed by atoms with Crippen LogP contribution in [0.5, 0.6) is 0 Å². The van der Waals surface area contributed by atoms with Gasteiger partial charge in [0.05, 0.1) is 6.10 Å². The van der Waals surface area contributed by atoms with Crippen molar-refractivity contribution >= 4 is 0 Å². The maximum Gasteiger partial charge on any atom is 0.0555 e. The molecule has 0 aromatic heterocycles. The zero-order chi connectivity index (χ0) is 13.1. The molecule has 2 rings (SSSR count). The fourth-order valence-corrected chi connectivity index (χ4v) is 4.31. The van der Waals surface area contributed by atoms with Crippen LogP contribution in [0.15, 0.2) is 0 Å². The second-order valence-corrected chi connectivity index (χ2v) is 6.71. The fraction of sp³-hybridized carbons (Fsp3) is 1.00. The third kappa shape index (κ3) is 3.08. The Morgan fingerprint density at radius 1 is 1.11 bits per heavy atom. The fourth-order valence-electron chi connectivity index (χ4n) is 4.31. The molecule has 3 atom stereocenters. The Kier molecular flexibility index (Phi) is 5.08. The van der Waals surface area contributed by atoms with Gasteiger partial charge < -0.3 is 5.11 Å². The van der Waals surface area contributed by atoms with Crippen molar-refractivity contribution < 1.29 is 5.11 Å². The molecule has 0 aliphatic heterocycles. The summed E-state index contributed by atoms with van der Waals surface area (Å²) in [6, 6.07) is 1.42. The highest BCUT2D eigenvalue weighted by Crippen LogP contribution is 2.37. The van der Waals surface area contributed by atoms with E-state index in [1.165, 1.54) is 32.1 Å². The van der Waals surface area contributed by atoms with Crippen molar-refractivity contribution in [3.05, 3.63) is 0 Å². The van der Waals surface area contributed by atoms with E-state index in [2.05, 4.69) is 25.7 Å². The summed E-state index contributed by atoms with van der Waals surface area (Å²) in [7, 11) is 0. The van der Waals surface area contributed by atoms with Crippen LogP contribution in [0, 0.1) is 11.8 Å². The lowest BCUT2D eigenvalue weighted by molar-refractivity contribution is -0.00398. The minimum atomic E-state index is -0.0551. The molecule has 2 nitrogen and oxygen atoms in total. The van der Waals surface area contributed by atoms with Gasteiger partial charge in [0.1, 0.15) is 0 Å². The molecule has 18 heavy (non-hydrogen) atoms. The van der Waals surface area contributed by atoms with Gasteiger partial charge in [-0.15, -0.1) is 0 Å². The first-order chi connectivity index (χ1) is 8.63. The van der Waals surface area contributed by atoms with Gasteiger partial charge in [-0.2, -0.15) is 0 Å². The van der Waals surface area contributed by atoms with Crippen LogP contribution in [0.3, 0.4) is 0 Å². The van der Waals surface area contributed by atoms with E-state index in [9.17, 15) is 5.11 Å². The summed E-state index contributed by atoms with van der Waals surface area (Å²) in [5, 5.41) is 10.0. The van der Waals surface area contributed by atoms with E-state index in [1.807, 2.05) is 0 Å². The van der Waals surface area contributed by atoms with Crippen molar-refractivity contribution in [3.63, 3.8) is 0 Å². The normalized spacial score (nSPS) is 34.7. The van der Waals surface area contributed by atoms with Crippen molar-refractivity contribution in [1.82, 2.24) is 4.90 Å². The van der Waals surface area contributed by atoms with Crippen molar-refractivity contribution in [2.75, 3.05) is 6.54 Å². The number of hydrogen-bond donors (Lipinski definition) is 1.